The molecule has 3 heteroatoms. The van der Waals surface area contributed by atoms with E-state index < -0.39 is 0 Å². The number of fused-ring (bicyclic) bond motifs is 1. The van der Waals surface area contributed by atoms with Crippen molar-refractivity contribution in [3.8, 4) is 0 Å². The van der Waals surface area contributed by atoms with Gasteiger partial charge in [-0.05, 0) is 43.2 Å². The molecule has 1 unspecified atom stereocenters. The quantitative estimate of drug-likeness (QED) is 0.831. The van der Waals surface area contributed by atoms with Crippen LogP contribution in [0.3, 0.4) is 0 Å². The second-order valence-corrected chi connectivity index (χ2v) is 5.18. The molecule has 0 amide bonds. The number of pyridine rings is 1. The molecule has 0 radical (unpaired) electrons. The van der Waals surface area contributed by atoms with E-state index in [-0.39, 0.29) is 6.67 Å². The molecule has 0 saturated carbocycles. The van der Waals surface area contributed by atoms with Gasteiger partial charge in [0.1, 0.15) is 5.82 Å². The second kappa shape index (κ2) is 6.72. The van der Waals surface area contributed by atoms with Crippen LogP contribution in [0.1, 0.15) is 43.9 Å². The predicted octanol–water partition coefficient (Wildman–Crippen LogP) is 3.76. The van der Waals surface area contributed by atoms with Crippen molar-refractivity contribution in [3.05, 3.63) is 23.4 Å². The lowest BCUT2D eigenvalue weighted by atomic mass is 9.94. The van der Waals surface area contributed by atoms with Crippen LogP contribution in [0.4, 0.5) is 10.2 Å². The molecular formula is C15H23FN2. The van der Waals surface area contributed by atoms with Crippen molar-refractivity contribution in [2.24, 2.45) is 5.92 Å². The van der Waals surface area contributed by atoms with Crippen LogP contribution in [0.25, 0.3) is 0 Å². The largest absolute Gasteiger partial charge is 0.370 e. The number of nitrogens with zero attached hydrogens (tertiary/aromatic N) is 1. The first kappa shape index (κ1) is 13.3. The molecule has 2 heterocycles. The zero-order valence-electron chi connectivity index (χ0n) is 11.2. The smallest absolute Gasteiger partial charge is 0.129 e. The predicted molar refractivity (Wildman–Crippen MR) is 73.7 cm³/mol. The average Bonchev–Trinajstić information content (AvgIpc) is 2.39. The molecule has 18 heavy (non-hydrogen) atoms. The van der Waals surface area contributed by atoms with Gasteiger partial charge in [0.15, 0.2) is 0 Å². The molecule has 0 fully saturated rings. The minimum absolute atomic E-state index is 0.214. The molecule has 0 bridgehead atoms. The number of anilines is 1. The highest BCUT2D eigenvalue weighted by molar-refractivity contribution is 5.47. The van der Waals surface area contributed by atoms with Gasteiger partial charge in [-0.25, -0.2) is 4.98 Å². The van der Waals surface area contributed by atoms with Crippen LogP contribution in [-0.4, -0.2) is 18.2 Å². The summed E-state index contributed by atoms with van der Waals surface area (Å²) >= 11 is 0. The summed E-state index contributed by atoms with van der Waals surface area (Å²) in [6.07, 6.45) is 6.10. The number of hydrogen-bond donors (Lipinski definition) is 1. The molecule has 0 saturated heterocycles. The first-order valence-corrected chi connectivity index (χ1v) is 7.12. The van der Waals surface area contributed by atoms with E-state index in [0.717, 1.165) is 43.7 Å². The Kier molecular flexibility index (Phi) is 4.97. The summed E-state index contributed by atoms with van der Waals surface area (Å²) in [5.41, 5.74) is 2.43. The van der Waals surface area contributed by atoms with Crippen LogP contribution >= 0.6 is 0 Å². The molecular weight excluding hydrogens is 227 g/mol. The normalized spacial score (nSPS) is 15.9. The van der Waals surface area contributed by atoms with Crippen LogP contribution in [0, 0.1) is 5.92 Å². The summed E-state index contributed by atoms with van der Waals surface area (Å²) in [5.74, 6) is 1.49. The van der Waals surface area contributed by atoms with Crippen molar-refractivity contribution in [2.45, 2.75) is 45.4 Å². The maximum Gasteiger partial charge on any atom is 0.129 e. The number of nitrogens with one attached hydrogen (secondary N) is 1. The third-order valence-corrected chi connectivity index (χ3v) is 3.66. The Hall–Kier alpha value is -1.12. The molecule has 0 aliphatic carbocycles. The first-order chi connectivity index (χ1) is 8.83. The van der Waals surface area contributed by atoms with Crippen molar-refractivity contribution in [1.82, 2.24) is 4.98 Å². The van der Waals surface area contributed by atoms with Crippen molar-refractivity contribution in [3.63, 3.8) is 0 Å². The molecule has 2 rings (SSSR count). The lowest BCUT2D eigenvalue weighted by molar-refractivity contribution is 0.363. The van der Waals surface area contributed by atoms with E-state index in [1.165, 1.54) is 12.0 Å². The zero-order chi connectivity index (χ0) is 12.8. The van der Waals surface area contributed by atoms with Gasteiger partial charge < -0.3 is 5.32 Å². The highest BCUT2D eigenvalue weighted by Gasteiger charge is 2.13. The van der Waals surface area contributed by atoms with Gasteiger partial charge >= 0.3 is 0 Å². The van der Waals surface area contributed by atoms with E-state index in [1.54, 1.807) is 0 Å². The van der Waals surface area contributed by atoms with E-state index in [0.29, 0.717) is 12.3 Å². The summed E-state index contributed by atoms with van der Waals surface area (Å²) in [5, 5.41) is 3.36. The van der Waals surface area contributed by atoms with Crippen molar-refractivity contribution in [1.29, 1.82) is 0 Å². The molecule has 1 aromatic heterocycles. The topological polar surface area (TPSA) is 24.9 Å². The highest BCUT2D eigenvalue weighted by Crippen LogP contribution is 2.22. The molecule has 0 spiro atoms. The number of halogens is 1. The molecule has 1 N–H and O–H groups in total. The van der Waals surface area contributed by atoms with Gasteiger partial charge in [-0.3, -0.25) is 4.39 Å². The zero-order valence-corrected chi connectivity index (χ0v) is 11.2. The highest BCUT2D eigenvalue weighted by atomic mass is 19.1. The average molecular weight is 250 g/mol. The maximum absolute atomic E-state index is 12.5. The van der Waals surface area contributed by atoms with Gasteiger partial charge in [0.25, 0.3) is 0 Å². The van der Waals surface area contributed by atoms with Crippen molar-refractivity contribution < 1.29 is 4.39 Å². The fourth-order valence-corrected chi connectivity index (χ4v) is 2.69. The van der Waals surface area contributed by atoms with Crippen LogP contribution in [0.2, 0.25) is 0 Å². The Bertz CT molecular complexity index is 373. The van der Waals surface area contributed by atoms with Crippen molar-refractivity contribution >= 4 is 5.82 Å². The second-order valence-electron chi connectivity index (χ2n) is 5.18. The van der Waals surface area contributed by atoms with E-state index in [2.05, 4.69) is 29.4 Å². The fourth-order valence-electron chi connectivity index (χ4n) is 2.69. The number of rotatable bonds is 6. The summed E-state index contributed by atoms with van der Waals surface area (Å²) in [7, 11) is 0. The Labute approximate surface area is 109 Å². The van der Waals surface area contributed by atoms with Crippen LogP contribution in [-0.2, 0) is 12.8 Å². The van der Waals surface area contributed by atoms with Gasteiger partial charge in [-0.15, -0.1) is 0 Å². The van der Waals surface area contributed by atoms with E-state index in [1.807, 2.05) is 0 Å². The molecule has 0 aromatic carbocycles. The van der Waals surface area contributed by atoms with Gasteiger partial charge in [-0.2, -0.15) is 0 Å². The third-order valence-electron chi connectivity index (χ3n) is 3.66. The SMILES string of the molecule is CCCC(CCF)Cc1ccc2c(n1)NCCC2. The lowest BCUT2D eigenvalue weighted by Gasteiger charge is -2.19. The monoisotopic (exact) mass is 250 g/mol. The van der Waals surface area contributed by atoms with Crippen LogP contribution < -0.4 is 5.32 Å². The third kappa shape index (κ3) is 3.44. The number of aryl methyl sites for hydroxylation is 1. The van der Waals surface area contributed by atoms with Gasteiger partial charge in [0.2, 0.25) is 0 Å². The van der Waals surface area contributed by atoms with E-state index in [9.17, 15) is 4.39 Å². The van der Waals surface area contributed by atoms with Gasteiger partial charge in [0, 0.05) is 12.2 Å². The lowest BCUT2D eigenvalue weighted by Crippen LogP contribution is -2.15. The number of alkyl halides is 1. The Balaban J connectivity index is 2.03. The Morgan fingerprint density at radius 3 is 3.06 bits per heavy atom. The van der Waals surface area contributed by atoms with E-state index >= 15 is 0 Å². The van der Waals surface area contributed by atoms with Crippen LogP contribution in [0.5, 0.6) is 0 Å². The van der Waals surface area contributed by atoms with Gasteiger partial charge in [-0.1, -0.05) is 25.8 Å². The minimum Gasteiger partial charge on any atom is -0.370 e. The summed E-state index contributed by atoms with van der Waals surface area (Å²) in [6.45, 7) is 2.97. The first-order valence-electron chi connectivity index (χ1n) is 7.12. The molecule has 1 aliphatic heterocycles. The minimum atomic E-state index is -0.214. The van der Waals surface area contributed by atoms with E-state index in [4.69, 9.17) is 0 Å². The maximum atomic E-state index is 12.5. The molecule has 1 atom stereocenters. The Morgan fingerprint density at radius 1 is 1.39 bits per heavy atom. The summed E-state index contributed by atoms with van der Waals surface area (Å²) < 4.78 is 12.5. The Morgan fingerprint density at radius 2 is 2.28 bits per heavy atom. The van der Waals surface area contributed by atoms with Gasteiger partial charge in [0.05, 0.1) is 6.67 Å². The van der Waals surface area contributed by atoms with Crippen LogP contribution in [0.15, 0.2) is 12.1 Å². The molecule has 1 aromatic rings. The molecule has 2 nitrogen and oxygen atoms in total. The van der Waals surface area contributed by atoms with Crippen molar-refractivity contribution in [2.75, 3.05) is 18.5 Å². The fraction of sp³-hybridized carbons (Fsp3) is 0.667. The molecule has 1 aliphatic rings. The standard InChI is InChI=1S/C15H23FN2/c1-2-4-12(8-9-16)11-14-7-6-13-5-3-10-17-15(13)18-14/h6-7,12H,2-5,8-11H2,1H3,(H,17,18). The number of aromatic nitrogens is 1. The summed E-state index contributed by atoms with van der Waals surface area (Å²) in [6, 6.07) is 4.30. The number of hydrogen-bond acceptors (Lipinski definition) is 2. The molecule has 100 valence electrons. The summed E-state index contributed by atoms with van der Waals surface area (Å²) in [4.78, 5) is 4.68.